The van der Waals surface area contributed by atoms with Gasteiger partial charge in [0.15, 0.2) is 0 Å². The van der Waals surface area contributed by atoms with Gasteiger partial charge in [0.1, 0.15) is 5.82 Å². The zero-order chi connectivity index (χ0) is 12.7. The molecule has 2 heteroatoms. The van der Waals surface area contributed by atoms with Gasteiger partial charge in [-0.05, 0) is 44.0 Å². The normalized spacial score (nSPS) is 8.94. The molecule has 90 valence electrons. The number of H-pyrrole nitrogens is 1. The molecule has 0 fully saturated rings. The van der Waals surface area contributed by atoms with E-state index in [4.69, 9.17) is 0 Å². The number of imidazole rings is 1. The molecule has 1 aromatic carbocycles. The van der Waals surface area contributed by atoms with Gasteiger partial charge in [-0.25, -0.2) is 4.98 Å². The van der Waals surface area contributed by atoms with E-state index >= 15 is 0 Å². The minimum absolute atomic E-state index is 0.981. The van der Waals surface area contributed by atoms with Crippen molar-refractivity contribution in [2.24, 2.45) is 0 Å². The SMILES string of the molecule is CC.CC.Cc1nc2cc(C)c(C)cc2[nH]1. The van der Waals surface area contributed by atoms with Gasteiger partial charge in [-0.15, -0.1) is 0 Å². The van der Waals surface area contributed by atoms with E-state index in [1.54, 1.807) is 0 Å². The van der Waals surface area contributed by atoms with Crippen LogP contribution in [0.15, 0.2) is 12.1 Å². The summed E-state index contributed by atoms with van der Waals surface area (Å²) in [4.78, 5) is 7.57. The van der Waals surface area contributed by atoms with Crippen molar-refractivity contribution in [2.45, 2.75) is 48.5 Å². The second-order valence-corrected chi connectivity index (χ2v) is 3.28. The standard InChI is InChI=1S/C10H12N2.2C2H6/c1-6-4-9-10(5-7(6)2)12-8(3)11-9;2*1-2/h4-5H,1-3H3,(H,11,12);2*1-2H3. The quantitative estimate of drug-likeness (QED) is 0.693. The van der Waals surface area contributed by atoms with Crippen molar-refractivity contribution in [2.75, 3.05) is 0 Å². The van der Waals surface area contributed by atoms with E-state index in [0.29, 0.717) is 0 Å². The fourth-order valence-corrected chi connectivity index (χ4v) is 1.40. The molecule has 0 aliphatic carbocycles. The predicted molar refractivity (Wildman–Crippen MR) is 73.0 cm³/mol. The zero-order valence-electron chi connectivity index (χ0n) is 11.6. The molecule has 2 aromatic rings. The molecule has 1 N–H and O–H groups in total. The molecular weight excluding hydrogens is 196 g/mol. The van der Waals surface area contributed by atoms with Crippen LogP contribution in [0.2, 0.25) is 0 Å². The Hall–Kier alpha value is -1.31. The van der Waals surface area contributed by atoms with E-state index in [-0.39, 0.29) is 0 Å². The average Bonchev–Trinajstić information content (AvgIpc) is 2.64. The molecule has 2 rings (SSSR count). The molecule has 0 bridgehead atoms. The van der Waals surface area contributed by atoms with Crippen molar-refractivity contribution >= 4 is 11.0 Å². The van der Waals surface area contributed by atoms with Gasteiger partial charge in [-0.3, -0.25) is 0 Å². The van der Waals surface area contributed by atoms with Crippen molar-refractivity contribution in [1.29, 1.82) is 0 Å². The Morgan fingerprint density at radius 3 is 1.94 bits per heavy atom. The maximum absolute atomic E-state index is 4.36. The van der Waals surface area contributed by atoms with E-state index < -0.39 is 0 Å². The summed E-state index contributed by atoms with van der Waals surface area (Å²) in [5.74, 6) is 0.981. The minimum atomic E-state index is 0.981. The number of aryl methyl sites for hydroxylation is 3. The third kappa shape index (κ3) is 3.37. The van der Waals surface area contributed by atoms with E-state index in [0.717, 1.165) is 16.9 Å². The van der Waals surface area contributed by atoms with E-state index in [2.05, 4.69) is 35.9 Å². The number of aromatic amines is 1. The van der Waals surface area contributed by atoms with Crippen LogP contribution in [0.4, 0.5) is 0 Å². The van der Waals surface area contributed by atoms with Crippen molar-refractivity contribution in [3.8, 4) is 0 Å². The minimum Gasteiger partial charge on any atom is -0.342 e. The van der Waals surface area contributed by atoms with Gasteiger partial charge in [0.05, 0.1) is 11.0 Å². The van der Waals surface area contributed by atoms with Crippen molar-refractivity contribution in [3.05, 3.63) is 29.1 Å². The molecule has 0 radical (unpaired) electrons. The maximum atomic E-state index is 4.36. The Morgan fingerprint density at radius 1 is 0.875 bits per heavy atom. The summed E-state index contributed by atoms with van der Waals surface area (Å²) >= 11 is 0. The van der Waals surface area contributed by atoms with Gasteiger partial charge >= 0.3 is 0 Å². The summed E-state index contributed by atoms with van der Waals surface area (Å²) in [6, 6.07) is 4.26. The van der Waals surface area contributed by atoms with Crippen LogP contribution in [0.3, 0.4) is 0 Å². The molecule has 0 atom stereocenters. The molecular formula is C14H24N2. The number of hydrogen-bond donors (Lipinski definition) is 1. The maximum Gasteiger partial charge on any atom is 0.104 e. The number of benzene rings is 1. The number of rotatable bonds is 0. The monoisotopic (exact) mass is 220 g/mol. The van der Waals surface area contributed by atoms with Gasteiger partial charge < -0.3 is 4.98 Å². The van der Waals surface area contributed by atoms with E-state index in [9.17, 15) is 0 Å². The summed E-state index contributed by atoms with van der Waals surface area (Å²) < 4.78 is 0. The largest absolute Gasteiger partial charge is 0.342 e. The summed E-state index contributed by atoms with van der Waals surface area (Å²) in [6.45, 7) is 14.2. The summed E-state index contributed by atoms with van der Waals surface area (Å²) in [5, 5.41) is 0. The van der Waals surface area contributed by atoms with Crippen LogP contribution in [0.1, 0.15) is 44.6 Å². The van der Waals surface area contributed by atoms with Crippen LogP contribution in [0, 0.1) is 20.8 Å². The highest BCUT2D eigenvalue weighted by molar-refractivity contribution is 5.76. The second kappa shape index (κ2) is 7.04. The number of nitrogens with zero attached hydrogens (tertiary/aromatic N) is 1. The third-order valence-electron chi connectivity index (χ3n) is 2.22. The van der Waals surface area contributed by atoms with Crippen molar-refractivity contribution < 1.29 is 0 Å². The molecule has 1 aromatic heterocycles. The molecule has 0 spiro atoms. The lowest BCUT2D eigenvalue weighted by Crippen LogP contribution is -1.79. The number of hydrogen-bond acceptors (Lipinski definition) is 1. The molecule has 0 amide bonds. The van der Waals surface area contributed by atoms with E-state index in [1.807, 2.05) is 34.6 Å². The Kier molecular flexibility index (Phi) is 6.47. The van der Waals surface area contributed by atoms with Gasteiger partial charge in [0, 0.05) is 0 Å². The zero-order valence-corrected chi connectivity index (χ0v) is 11.6. The Morgan fingerprint density at radius 2 is 1.38 bits per heavy atom. The van der Waals surface area contributed by atoms with Gasteiger partial charge in [-0.2, -0.15) is 0 Å². The van der Waals surface area contributed by atoms with Crippen LogP contribution in [0.25, 0.3) is 11.0 Å². The Bertz CT molecular complexity index is 388. The highest BCUT2D eigenvalue weighted by Gasteiger charge is 2.00. The first-order valence-corrected chi connectivity index (χ1v) is 6.10. The van der Waals surface area contributed by atoms with Gasteiger partial charge in [0.2, 0.25) is 0 Å². The smallest absolute Gasteiger partial charge is 0.104 e. The fraction of sp³-hybridized carbons (Fsp3) is 0.500. The van der Waals surface area contributed by atoms with Crippen LogP contribution >= 0.6 is 0 Å². The highest BCUT2D eigenvalue weighted by atomic mass is 14.9. The topological polar surface area (TPSA) is 28.7 Å². The molecule has 2 nitrogen and oxygen atoms in total. The molecule has 0 unspecified atom stereocenters. The molecule has 16 heavy (non-hydrogen) atoms. The van der Waals surface area contributed by atoms with Gasteiger partial charge in [-0.1, -0.05) is 27.7 Å². The number of fused-ring (bicyclic) bond motifs is 1. The molecule has 1 heterocycles. The molecule has 0 aliphatic rings. The fourth-order valence-electron chi connectivity index (χ4n) is 1.40. The first-order valence-electron chi connectivity index (χ1n) is 6.10. The van der Waals surface area contributed by atoms with E-state index in [1.165, 1.54) is 11.1 Å². The number of nitrogens with one attached hydrogen (secondary N) is 1. The summed E-state index contributed by atoms with van der Waals surface area (Å²) in [5.41, 5.74) is 4.81. The highest BCUT2D eigenvalue weighted by Crippen LogP contribution is 2.16. The van der Waals surface area contributed by atoms with Gasteiger partial charge in [0.25, 0.3) is 0 Å². The predicted octanol–water partition coefficient (Wildman–Crippen LogP) is 4.54. The average molecular weight is 220 g/mol. The summed E-state index contributed by atoms with van der Waals surface area (Å²) in [7, 11) is 0. The number of aromatic nitrogens is 2. The van der Waals surface area contributed by atoms with Crippen molar-refractivity contribution in [1.82, 2.24) is 9.97 Å². The summed E-state index contributed by atoms with van der Waals surface area (Å²) in [6.07, 6.45) is 0. The Balaban J connectivity index is 0.000000509. The first kappa shape index (κ1) is 14.7. The molecule has 0 saturated heterocycles. The van der Waals surface area contributed by atoms with Crippen LogP contribution in [-0.2, 0) is 0 Å². The van der Waals surface area contributed by atoms with Crippen LogP contribution in [0.5, 0.6) is 0 Å². The third-order valence-corrected chi connectivity index (χ3v) is 2.22. The lowest BCUT2D eigenvalue weighted by Gasteiger charge is -1.97. The van der Waals surface area contributed by atoms with Crippen LogP contribution < -0.4 is 0 Å². The van der Waals surface area contributed by atoms with Crippen LogP contribution in [-0.4, -0.2) is 9.97 Å². The first-order chi connectivity index (χ1) is 7.66. The second-order valence-electron chi connectivity index (χ2n) is 3.28. The lowest BCUT2D eigenvalue weighted by molar-refractivity contribution is 1.17. The van der Waals surface area contributed by atoms with Crippen molar-refractivity contribution in [3.63, 3.8) is 0 Å². The lowest BCUT2D eigenvalue weighted by atomic mass is 10.1. The molecule has 0 aliphatic heterocycles. The Labute approximate surface area is 99.1 Å². The molecule has 0 saturated carbocycles.